The fourth-order valence-electron chi connectivity index (χ4n) is 4.53. The van der Waals surface area contributed by atoms with Crippen LogP contribution in [-0.2, 0) is 0 Å². The maximum absolute atomic E-state index is 5.44. The van der Waals surface area contributed by atoms with Gasteiger partial charge in [0.1, 0.15) is 0 Å². The lowest BCUT2D eigenvalue weighted by Gasteiger charge is -2.04. The van der Waals surface area contributed by atoms with Gasteiger partial charge < -0.3 is 22.1 Å². The zero-order chi connectivity index (χ0) is 26.6. The third-order valence-corrected chi connectivity index (χ3v) is 7.03. The zero-order valence-electron chi connectivity index (χ0n) is 25.4. The van der Waals surface area contributed by atoms with Crippen molar-refractivity contribution in [3.8, 4) is 0 Å². The normalized spacial score (nSPS) is 11.0. The lowest BCUT2D eigenvalue weighted by atomic mass is 10.1. The number of rotatable bonds is 30. The second-order valence-corrected chi connectivity index (χ2v) is 10.9. The fraction of sp³-hybridized carbons (Fsp3) is 1.00. The Morgan fingerprint density at radius 1 is 0.306 bits per heavy atom. The highest BCUT2D eigenvalue weighted by Crippen LogP contribution is 2.12. The van der Waals surface area contributed by atoms with Crippen molar-refractivity contribution in [1.82, 2.24) is 10.6 Å². The summed E-state index contributed by atoms with van der Waals surface area (Å²) in [5.41, 5.74) is 10.9. The molecular formula is C32H72N4. The van der Waals surface area contributed by atoms with Gasteiger partial charge in [-0.3, -0.25) is 0 Å². The summed E-state index contributed by atoms with van der Waals surface area (Å²) in [6.07, 6.45) is 33.5. The van der Waals surface area contributed by atoms with Crippen LogP contribution in [0.5, 0.6) is 0 Å². The standard InChI is InChI=1S/C17H38N2.C15H34N2/c1-2-3-4-5-6-7-8-9-10-11-12-13-16-19-17-14-15-18;1-2-3-4-5-6-7-8-9-10-11-14-17-15-12-13-16/h19H,2-18H2,1H3;17H,2-16H2,1H3. The van der Waals surface area contributed by atoms with Crippen molar-refractivity contribution >= 4 is 0 Å². The molecule has 0 aromatic rings. The van der Waals surface area contributed by atoms with Gasteiger partial charge in [0, 0.05) is 0 Å². The topological polar surface area (TPSA) is 76.1 Å². The van der Waals surface area contributed by atoms with Gasteiger partial charge in [-0.1, -0.05) is 142 Å². The van der Waals surface area contributed by atoms with E-state index in [1.165, 1.54) is 154 Å². The summed E-state index contributed by atoms with van der Waals surface area (Å²) in [5, 5.41) is 6.87. The number of nitrogens with two attached hydrogens (primary N) is 2. The van der Waals surface area contributed by atoms with Gasteiger partial charge in [-0.25, -0.2) is 0 Å². The van der Waals surface area contributed by atoms with Crippen LogP contribution in [0.3, 0.4) is 0 Å². The highest BCUT2D eigenvalue weighted by molar-refractivity contribution is 4.53. The Balaban J connectivity index is 0. The van der Waals surface area contributed by atoms with Gasteiger partial charge in [-0.2, -0.15) is 0 Å². The Kier molecular flexibility index (Phi) is 41.5. The minimum absolute atomic E-state index is 0.811. The van der Waals surface area contributed by atoms with Crippen LogP contribution >= 0.6 is 0 Å². The van der Waals surface area contributed by atoms with Gasteiger partial charge >= 0.3 is 0 Å². The summed E-state index contributed by atoms with van der Waals surface area (Å²) in [6.45, 7) is 10.7. The molecule has 0 unspecified atom stereocenters. The first-order chi connectivity index (χ1) is 17.8. The van der Waals surface area contributed by atoms with Gasteiger partial charge in [-0.05, 0) is 65.0 Å². The Hall–Kier alpha value is -0.160. The molecule has 0 saturated carbocycles. The quantitative estimate of drug-likeness (QED) is 0.0728. The molecule has 4 nitrogen and oxygen atoms in total. The molecule has 0 aromatic heterocycles. The molecule has 0 saturated heterocycles. The van der Waals surface area contributed by atoms with E-state index in [0.717, 1.165) is 39.0 Å². The first-order valence-corrected chi connectivity index (χ1v) is 16.6. The Morgan fingerprint density at radius 2 is 0.528 bits per heavy atom. The second-order valence-electron chi connectivity index (χ2n) is 10.9. The summed E-state index contributed by atoms with van der Waals surface area (Å²) in [5.74, 6) is 0. The van der Waals surface area contributed by atoms with Crippen LogP contribution < -0.4 is 22.1 Å². The zero-order valence-corrected chi connectivity index (χ0v) is 25.4. The summed E-state index contributed by atoms with van der Waals surface area (Å²) < 4.78 is 0. The van der Waals surface area contributed by atoms with Crippen LogP contribution in [0, 0.1) is 0 Å². The highest BCUT2D eigenvalue weighted by atomic mass is 14.8. The molecule has 4 heteroatoms. The van der Waals surface area contributed by atoms with Crippen molar-refractivity contribution in [2.45, 2.75) is 168 Å². The van der Waals surface area contributed by atoms with Gasteiger partial charge in [0.25, 0.3) is 0 Å². The lowest BCUT2D eigenvalue weighted by Crippen LogP contribution is -2.19. The number of hydrogen-bond donors (Lipinski definition) is 4. The molecule has 0 atom stereocenters. The predicted molar refractivity (Wildman–Crippen MR) is 166 cm³/mol. The molecule has 220 valence electrons. The third-order valence-electron chi connectivity index (χ3n) is 7.03. The van der Waals surface area contributed by atoms with Gasteiger partial charge in [0.2, 0.25) is 0 Å². The minimum Gasteiger partial charge on any atom is -0.330 e. The molecule has 0 aliphatic carbocycles. The molecule has 0 radical (unpaired) electrons. The molecule has 0 bridgehead atoms. The number of nitrogens with one attached hydrogen (secondary N) is 2. The van der Waals surface area contributed by atoms with Crippen molar-refractivity contribution in [3.05, 3.63) is 0 Å². The molecular weight excluding hydrogens is 440 g/mol. The van der Waals surface area contributed by atoms with E-state index >= 15 is 0 Å². The molecule has 0 spiro atoms. The van der Waals surface area contributed by atoms with Crippen molar-refractivity contribution in [2.24, 2.45) is 11.5 Å². The maximum atomic E-state index is 5.44. The molecule has 0 fully saturated rings. The fourth-order valence-corrected chi connectivity index (χ4v) is 4.53. The molecule has 0 aliphatic heterocycles. The van der Waals surface area contributed by atoms with Gasteiger partial charge in [-0.15, -0.1) is 0 Å². The van der Waals surface area contributed by atoms with E-state index in [1.54, 1.807) is 0 Å². The van der Waals surface area contributed by atoms with E-state index in [0.29, 0.717) is 0 Å². The second kappa shape index (κ2) is 39.4. The summed E-state index contributed by atoms with van der Waals surface area (Å²) in [7, 11) is 0. The van der Waals surface area contributed by atoms with Gasteiger partial charge in [0.05, 0.1) is 0 Å². The van der Waals surface area contributed by atoms with E-state index in [2.05, 4.69) is 24.5 Å². The number of unbranched alkanes of at least 4 members (excludes halogenated alkanes) is 20. The van der Waals surface area contributed by atoms with Crippen molar-refractivity contribution in [2.75, 3.05) is 39.3 Å². The molecule has 0 aromatic carbocycles. The lowest BCUT2D eigenvalue weighted by molar-refractivity contribution is 0.534. The molecule has 6 N–H and O–H groups in total. The van der Waals surface area contributed by atoms with Crippen molar-refractivity contribution in [3.63, 3.8) is 0 Å². The van der Waals surface area contributed by atoms with Crippen LogP contribution in [0.1, 0.15) is 168 Å². The molecule has 0 heterocycles. The summed E-state index contributed by atoms with van der Waals surface area (Å²) in [6, 6.07) is 0. The molecule has 36 heavy (non-hydrogen) atoms. The van der Waals surface area contributed by atoms with Crippen LogP contribution in [0.4, 0.5) is 0 Å². The van der Waals surface area contributed by atoms with Crippen LogP contribution in [-0.4, -0.2) is 39.3 Å². The van der Waals surface area contributed by atoms with Gasteiger partial charge in [0.15, 0.2) is 0 Å². The minimum atomic E-state index is 0.811. The van der Waals surface area contributed by atoms with Crippen molar-refractivity contribution in [1.29, 1.82) is 0 Å². The average Bonchev–Trinajstić information content (AvgIpc) is 2.89. The van der Waals surface area contributed by atoms with E-state index < -0.39 is 0 Å². The van der Waals surface area contributed by atoms with E-state index in [-0.39, 0.29) is 0 Å². The smallest absolute Gasteiger partial charge is 0.00369 e. The predicted octanol–water partition coefficient (Wildman–Crippen LogP) is 8.47. The van der Waals surface area contributed by atoms with E-state index in [4.69, 9.17) is 11.5 Å². The SMILES string of the molecule is CCCCCCCCCCCCCCNCCCN.CCCCCCCCCCCCNCCCN. The van der Waals surface area contributed by atoms with Crippen molar-refractivity contribution < 1.29 is 0 Å². The summed E-state index contributed by atoms with van der Waals surface area (Å²) in [4.78, 5) is 0. The molecule has 0 amide bonds. The van der Waals surface area contributed by atoms with Crippen LogP contribution in [0.2, 0.25) is 0 Å². The monoisotopic (exact) mass is 513 g/mol. The molecule has 0 aliphatic rings. The maximum Gasteiger partial charge on any atom is -0.00369 e. The highest BCUT2D eigenvalue weighted by Gasteiger charge is 1.94. The first kappa shape index (κ1) is 38.0. The summed E-state index contributed by atoms with van der Waals surface area (Å²) >= 11 is 0. The Bertz CT molecular complexity index is 308. The van der Waals surface area contributed by atoms with Crippen LogP contribution in [0.15, 0.2) is 0 Å². The molecule has 0 rings (SSSR count). The van der Waals surface area contributed by atoms with E-state index in [1.807, 2.05) is 0 Å². The first-order valence-electron chi connectivity index (χ1n) is 16.6. The Morgan fingerprint density at radius 3 is 0.778 bits per heavy atom. The largest absolute Gasteiger partial charge is 0.330 e. The Labute approximate surface area is 229 Å². The van der Waals surface area contributed by atoms with E-state index in [9.17, 15) is 0 Å². The third kappa shape index (κ3) is 41.0. The number of hydrogen-bond acceptors (Lipinski definition) is 4. The van der Waals surface area contributed by atoms with Crippen LogP contribution in [0.25, 0.3) is 0 Å². The average molecular weight is 513 g/mol.